The molecule has 0 spiro atoms. The summed E-state index contributed by atoms with van der Waals surface area (Å²) >= 11 is 0. The minimum Gasteiger partial charge on any atom is -0.311 e. The molecule has 0 atom stereocenters. The first-order valence-electron chi connectivity index (χ1n) is 8.79. The molecule has 138 valence electrons. The van der Waals surface area contributed by atoms with Gasteiger partial charge in [0.15, 0.2) is 0 Å². The molecular weight excluding hydrogens is 350 g/mol. The summed E-state index contributed by atoms with van der Waals surface area (Å²) in [4.78, 5) is 16.4. The molecule has 1 aliphatic carbocycles. The molecule has 2 aromatic rings. The summed E-state index contributed by atoms with van der Waals surface area (Å²) in [5.74, 6) is 0.184. The highest BCUT2D eigenvalue weighted by Gasteiger charge is 2.17. The third kappa shape index (κ3) is 4.68. The van der Waals surface area contributed by atoms with Gasteiger partial charge in [0, 0.05) is 18.7 Å². The number of fused-ring (bicyclic) bond motifs is 1. The topological polar surface area (TPSA) is 88.2 Å². The van der Waals surface area contributed by atoms with Gasteiger partial charge < -0.3 is 5.32 Å². The summed E-state index contributed by atoms with van der Waals surface area (Å²) in [7, 11) is -3.61. The molecule has 0 radical (unpaired) electrons. The minimum atomic E-state index is -3.61. The number of nitrogens with zero attached hydrogens (tertiary/aromatic N) is 1. The summed E-state index contributed by atoms with van der Waals surface area (Å²) < 4.78 is 27.4. The van der Waals surface area contributed by atoms with E-state index >= 15 is 0 Å². The second-order valence-electron chi connectivity index (χ2n) is 6.50. The van der Waals surface area contributed by atoms with Crippen molar-refractivity contribution < 1.29 is 13.2 Å². The lowest BCUT2D eigenvalue weighted by Crippen LogP contribution is -2.28. The molecule has 2 N–H and O–H groups in total. The number of anilines is 1. The molecule has 1 heterocycles. The maximum absolute atomic E-state index is 12.4. The van der Waals surface area contributed by atoms with Crippen LogP contribution in [0.5, 0.6) is 0 Å². The van der Waals surface area contributed by atoms with Crippen molar-refractivity contribution in [3.05, 3.63) is 53.2 Å². The number of rotatable bonds is 6. The van der Waals surface area contributed by atoms with E-state index in [0.29, 0.717) is 5.82 Å². The summed E-state index contributed by atoms with van der Waals surface area (Å²) in [6, 6.07) is 10.6. The number of carbonyl (C=O) groups excluding carboxylic acids is 1. The fourth-order valence-corrected chi connectivity index (χ4v) is 4.16. The van der Waals surface area contributed by atoms with Gasteiger partial charge in [-0.2, -0.15) is 0 Å². The van der Waals surface area contributed by atoms with E-state index in [1.165, 1.54) is 5.56 Å². The highest BCUT2D eigenvalue weighted by atomic mass is 32.2. The smallest absolute Gasteiger partial charge is 0.240 e. The van der Waals surface area contributed by atoms with Gasteiger partial charge in [0.2, 0.25) is 15.9 Å². The van der Waals surface area contributed by atoms with Gasteiger partial charge >= 0.3 is 0 Å². The molecule has 1 amide bonds. The van der Waals surface area contributed by atoms with Gasteiger partial charge in [-0.15, -0.1) is 0 Å². The second-order valence-corrected chi connectivity index (χ2v) is 8.26. The number of hydrogen-bond acceptors (Lipinski definition) is 4. The first-order chi connectivity index (χ1) is 12.4. The quantitative estimate of drug-likeness (QED) is 0.815. The number of carbonyl (C=O) groups is 1. The normalized spacial score (nSPS) is 13.9. The van der Waals surface area contributed by atoms with Gasteiger partial charge in [-0.1, -0.05) is 12.1 Å². The van der Waals surface area contributed by atoms with Gasteiger partial charge in [0.1, 0.15) is 5.82 Å². The van der Waals surface area contributed by atoms with E-state index in [4.69, 9.17) is 0 Å². The van der Waals surface area contributed by atoms with Crippen LogP contribution in [0.15, 0.2) is 41.3 Å². The molecule has 0 saturated carbocycles. The molecule has 0 fully saturated rings. The van der Waals surface area contributed by atoms with Crippen molar-refractivity contribution >= 4 is 21.7 Å². The Balaban J connectivity index is 1.56. The van der Waals surface area contributed by atoms with Crippen LogP contribution in [0.3, 0.4) is 0 Å². The monoisotopic (exact) mass is 373 g/mol. The van der Waals surface area contributed by atoms with Gasteiger partial charge in [0.25, 0.3) is 0 Å². The van der Waals surface area contributed by atoms with E-state index in [1.54, 1.807) is 24.3 Å². The van der Waals surface area contributed by atoms with E-state index in [0.717, 1.165) is 36.9 Å². The molecule has 0 aliphatic heterocycles. The van der Waals surface area contributed by atoms with Crippen LogP contribution in [0, 0.1) is 6.92 Å². The van der Waals surface area contributed by atoms with Crippen LogP contribution >= 0.6 is 0 Å². The highest BCUT2D eigenvalue weighted by Crippen LogP contribution is 2.24. The van der Waals surface area contributed by atoms with Crippen molar-refractivity contribution in [1.82, 2.24) is 9.71 Å². The highest BCUT2D eigenvalue weighted by molar-refractivity contribution is 7.89. The van der Waals surface area contributed by atoms with Crippen molar-refractivity contribution in [3.8, 4) is 0 Å². The third-order valence-electron chi connectivity index (χ3n) is 4.43. The molecule has 26 heavy (non-hydrogen) atoms. The summed E-state index contributed by atoms with van der Waals surface area (Å²) in [5, 5.41) is 2.66. The molecule has 0 bridgehead atoms. The zero-order valence-electron chi connectivity index (χ0n) is 14.8. The Hall–Kier alpha value is -2.25. The van der Waals surface area contributed by atoms with E-state index < -0.39 is 10.0 Å². The fraction of sp³-hybridized carbons (Fsp3) is 0.368. The zero-order chi connectivity index (χ0) is 18.6. The van der Waals surface area contributed by atoms with Crippen LogP contribution in [0.2, 0.25) is 0 Å². The maximum atomic E-state index is 12.4. The summed E-state index contributed by atoms with van der Waals surface area (Å²) in [6.07, 6.45) is 4.22. The standard InChI is InChI=1S/C19H23N3O3S/c1-14-5-4-8-18(21-14)22-19(23)11-12-20-26(24,25)17-10-9-15-6-2-3-7-16(15)13-17/h4-5,8-10,13,20H,2-3,6-7,11-12H2,1H3,(H,21,22,23). The number of pyridine rings is 1. The summed E-state index contributed by atoms with van der Waals surface area (Å²) in [5.41, 5.74) is 3.15. The molecule has 1 aliphatic rings. The second kappa shape index (κ2) is 7.97. The van der Waals surface area contributed by atoms with Crippen LogP contribution < -0.4 is 10.0 Å². The number of amides is 1. The van der Waals surface area contributed by atoms with Crippen LogP contribution in [0.1, 0.15) is 36.1 Å². The van der Waals surface area contributed by atoms with E-state index in [2.05, 4.69) is 15.0 Å². The molecule has 7 heteroatoms. The Morgan fingerprint density at radius 3 is 2.65 bits per heavy atom. The van der Waals surface area contributed by atoms with Crippen molar-refractivity contribution in [3.63, 3.8) is 0 Å². The molecule has 6 nitrogen and oxygen atoms in total. The lowest BCUT2D eigenvalue weighted by molar-refractivity contribution is -0.116. The number of aryl methyl sites for hydroxylation is 3. The van der Waals surface area contributed by atoms with Gasteiger partial charge in [-0.3, -0.25) is 4.79 Å². The molecule has 3 rings (SSSR count). The predicted molar refractivity (Wildman–Crippen MR) is 100 cm³/mol. The van der Waals surface area contributed by atoms with Crippen LogP contribution in [-0.2, 0) is 27.7 Å². The average molecular weight is 373 g/mol. The molecule has 0 unspecified atom stereocenters. The Bertz CT molecular complexity index is 910. The number of nitrogens with one attached hydrogen (secondary N) is 2. The number of aromatic nitrogens is 1. The van der Waals surface area contributed by atoms with Crippen molar-refractivity contribution in [2.45, 2.75) is 43.9 Å². The lowest BCUT2D eigenvalue weighted by Gasteiger charge is -2.16. The van der Waals surface area contributed by atoms with E-state index in [-0.39, 0.29) is 23.8 Å². The third-order valence-corrected chi connectivity index (χ3v) is 5.89. The first kappa shape index (κ1) is 18.5. The van der Waals surface area contributed by atoms with E-state index in [9.17, 15) is 13.2 Å². The maximum Gasteiger partial charge on any atom is 0.240 e. The SMILES string of the molecule is Cc1cccc(NC(=O)CCNS(=O)(=O)c2ccc3c(c2)CCCC3)n1. The Morgan fingerprint density at radius 1 is 1.12 bits per heavy atom. The van der Waals surface area contributed by atoms with Gasteiger partial charge in [-0.05, 0) is 68.0 Å². The van der Waals surface area contributed by atoms with Crippen molar-refractivity contribution in [1.29, 1.82) is 0 Å². The minimum absolute atomic E-state index is 0.0388. The first-order valence-corrected chi connectivity index (χ1v) is 10.3. The number of hydrogen-bond donors (Lipinski definition) is 2. The number of benzene rings is 1. The largest absolute Gasteiger partial charge is 0.311 e. The summed E-state index contributed by atoms with van der Waals surface area (Å²) in [6.45, 7) is 1.87. The van der Waals surface area contributed by atoms with Gasteiger partial charge in [0.05, 0.1) is 4.90 Å². The lowest BCUT2D eigenvalue weighted by atomic mass is 9.92. The average Bonchev–Trinajstić information content (AvgIpc) is 2.61. The zero-order valence-corrected chi connectivity index (χ0v) is 15.6. The molecular formula is C19H23N3O3S. The van der Waals surface area contributed by atoms with Crippen LogP contribution in [0.25, 0.3) is 0 Å². The predicted octanol–water partition coefficient (Wildman–Crippen LogP) is 2.58. The number of sulfonamides is 1. The Labute approximate surface area is 154 Å². The van der Waals surface area contributed by atoms with E-state index in [1.807, 2.05) is 19.1 Å². The van der Waals surface area contributed by atoms with Crippen molar-refractivity contribution in [2.24, 2.45) is 0 Å². The Kier molecular flexibility index (Phi) is 5.68. The fourth-order valence-electron chi connectivity index (χ4n) is 3.08. The van der Waals surface area contributed by atoms with Crippen LogP contribution in [0.4, 0.5) is 5.82 Å². The Morgan fingerprint density at radius 2 is 1.88 bits per heavy atom. The molecule has 1 aromatic carbocycles. The van der Waals surface area contributed by atoms with Gasteiger partial charge in [-0.25, -0.2) is 18.1 Å². The van der Waals surface area contributed by atoms with Crippen molar-refractivity contribution in [2.75, 3.05) is 11.9 Å². The molecule has 1 aromatic heterocycles. The molecule has 0 saturated heterocycles. The van der Waals surface area contributed by atoms with Crippen LogP contribution in [-0.4, -0.2) is 25.9 Å².